The molecule has 0 spiro atoms. The lowest BCUT2D eigenvalue weighted by atomic mass is 10.1. The van der Waals surface area contributed by atoms with Crippen molar-refractivity contribution in [3.8, 4) is 0 Å². The fourth-order valence-corrected chi connectivity index (χ4v) is 1.87. The SMILES string of the molecule is CCOC(=O)c1cnc(NC(C)c2ccncc2)nc1C. The third-order valence-electron chi connectivity index (χ3n) is 3.03. The third-order valence-corrected chi connectivity index (χ3v) is 3.03. The van der Waals surface area contributed by atoms with E-state index in [1.807, 2.05) is 19.1 Å². The smallest absolute Gasteiger partial charge is 0.341 e. The molecule has 110 valence electrons. The lowest BCUT2D eigenvalue weighted by molar-refractivity contribution is 0.0524. The average Bonchev–Trinajstić information content (AvgIpc) is 2.48. The van der Waals surface area contributed by atoms with E-state index in [9.17, 15) is 4.79 Å². The molecule has 2 heterocycles. The molecule has 1 atom stereocenters. The van der Waals surface area contributed by atoms with Crippen molar-refractivity contribution in [1.82, 2.24) is 15.0 Å². The molecule has 2 rings (SSSR count). The second-order valence-electron chi connectivity index (χ2n) is 4.56. The molecule has 0 aliphatic carbocycles. The average molecular weight is 286 g/mol. The van der Waals surface area contributed by atoms with Gasteiger partial charge in [0.15, 0.2) is 0 Å². The molecule has 2 aromatic heterocycles. The monoisotopic (exact) mass is 286 g/mol. The van der Waals surface area contributed by atoms with Gasteiger partial charge < -0.3 is 10.1 Å². The van der Waals surface area contributed by atoms with Crippen LogP contribution in [0.15, 0.2) is 30.7 Å². The van der Waals surface area contributed by atoms with Crippen LogP contribution in [0.3, 0.4) is 0 Å². The molecule has 21 heavy (non-hydrogen) atoms. The summed E-state index contributed by atoms with van der Waals surface area (Å²) in [5.74, 6) is 0.0774. The second-order valence-corrected chi connectivity index (χ2v) is 4.56. The lowest BCUT2D eigenvalue weighted by Crippen LogP contribution is -2.13. The van der Waals surface area contributed by atoms with Crippen LogP contribution in [0.2, 0.25) is 0 Å². The minimum absolute atomic E-state index is 0.0424. The summed E-state index contributed by atoms with van der Waals surface area (Å²) in [5, 5.41) is 3.20. The fourth-order valence-electron chi connectivity index (χ4n) is 1.87. The van der Waals surface area contributed by atoms with Crippen LogP contribution in [0.1, 0.15) is 41.5 Å². The van der Waals surface area contributed by atoms with Crippen molar-refractivity contribution in [1.29, 1.82) is 0 Å². The topological polar surface area (TPSA) is 77.0 Å². The van der Waals surface area contributed by atoms with Gasteiger partial charge in [0.05, 0.1) is 23.9 Å². The Kier molecular flexibility index (Phi) is 4.81. The van der Waals surface area contributed by atoms with E-state index in [2.05, 4.69) is 20.3 Å². The van der Waals surface area contributed by atoms with Crippen molar-refractivity contribution in [3.05, 3.63) is 47.5 Å². The number of nitrogens with zero attached hydrogens (tertiary/aromatic N) is 3. The highest BCUT2D eigenvalue weighted by molar-refractivity contribution is 5.90. The highest BCUT2D eigenvalue weighted by Gasteiger charge is 2.13. The van der Waals surface area contributed by atoms with Gasteiger partial charge in [-0.2, -0.15) is 0 Å². The normalized spacial score (nSPS) is 11.8. The Balaban J connectivity index is 2.12. The van der Waals surface area contributed by atoms with Crippen LogP contribution in [-0.4, -0.2) is 27.5 Å². The van der Waals surface area contributed by atoms with Gasteiger partial charge >= 0.3 is 5.97 Å². The predicted octanol–water partition coefficient (Wildman–Crippen LogP) is 2.53. The number of pyridine rings is 1. The molecule has 2 aromatic rings. The maximum Gasteiger partial charge on any atom is 0.341 e. The van der Waals surface area contributed by atoms with E-state index in [0.29, 0.717) is 23.8 Å². The molecule has 0 amide bonds. The molecule has 0 fully saturated rings. The molecule has 0 aliphatic heterocycles. The summed E-state index contributed by atoms with van der Waals surface area (Å²) in [7, 11) is 0. The minimum atomic E-state index is -0.399. The van der Waals surface area contributed by atoms with Gasteiger partial charge in [-0.1, -0.05) is 0 Å². The van der Waals surface area contributed by atoms with Gasteiger partial charge in [-0.25, -0.2) is 14.8 Å². The Bertz CT molecular complexity index is 616. The van der Waals surface area contributed by atoms with Gasteiger partial charge in [-0.3, -0.25) is 4.98 Å². The summed E-state index contributed by atoms with van der Waals surface area (Å²) in [5.41, 5.74) is 2.06. The quantitative estimate of drug-likeness (QED) is 0.851. The van der Waals surface area contributed by atoms with E-state index in [4.69, 9.17) is 4.74 Å². The van der Waals surface area contributed by atoms with E-state index in [1.165, 1.54) is 6.20 Å². The molecule has 6 nitrogen and oxygen atoms in total. The summed E-state index contributed by atoms with van der Waals surface area (Å²) >= 11 is 0. The number of ether oxygens (including phenoxy) is 1. The zero-order valence-electron chi connectivity index (χ0n) is 12.3. The van der Waals surface area contributed by atoms with E-state index < -0.39 is 5.97 Å². The number of aryl methyl sites for hydroxylation is 1. The molecule has 0 radical (unpaired) electrons. The highest BCUT2D eigenvalue weighted by atomic mass is 16.5. The maximum absolute atomic E-state index is 11.7. The predicted molar refractivity (Wildman–Crippen MR) is 79.0 cm³/mol. The van der Waals surface area contributed by atoms with Crippen molar-refractivity contribution < 1.29 is 9.53 Å². The number of rotatable bonds is 5. The standard InChI is InChI=1S/C15H18N4O2/c1-4-21-14(20)13-9-17-15(19-11(13)3)18-10(2)12-5-7-16-8-6-12/h5-10H,4H2,1-3H3,(H,17,18,19). The van der Waals surface area contributed by atoms with Crippen LogP contribution in [0.5, 0.6) is 0 Å². The molecule has 0 saturated heterocycles. The Labute approximate surface area is 123 Å². The molecule has 0 aromatic carbocycles. The minimum Gasteiger partial charge on any atom is -0.462 e. The first-order valence-corrected chi connectivity index (χ1v) is 6.79. The third kappa shape index (κ3) is 3.75. The van der Waals surface area contributed by atoms with Crippen LogP contribution in [-0.2, 0) is 4.74 Å². The van der Waals surface area contributed by atoms with Crippen molar-refractivity contribution in [3.63, 3.8) is 0 Å². The van der Waals surface area contributed by atoms with E-state index in [0.717, 1.165) is 5.56 Å². The largest absolute Gasteiger partial charge is 0.462 e. The molecule has 0 saturated carbocycles. The summed E-state index contributed by atoms with van der Waals surface area (Å²) in [6, 6.07) is 3.90. The highest BCUT2D eigenvalue weighted by Crippen LogP contribution is 2.16. The summed E-state index contributed by atoms with van der Waals surface area (Å²) in [6.45, 7) is 5.86. The molecule has 0 aliphatic rings. The van der Waals surface area contributed by atoms with Gasteiger partial charge in [-0.15, -0.1) is 0 Å². The van der Waals surface area contributed by atoms with Crippen molar-refractivity contribution >= 4 is 11.9 Å². The zero-order chi connectivity index (χ0) is 15.2. The van der Waals surface area contributed by atoms with Crippen LogP contribution >= 0.6 is 0 Å². The van der Waals surface area contributed by atoms with E-state index in [-0.39, 0.29) is 6.04 Å². The number of hydrogen-bond acceptors (Lipinski definition) is 6. The summed E-state index contributed by atoms with van der Waals surface area (Å²) < 4.78 is 4.95. The van der Waals surface area contributed by atoms with Crippen molar-refractivity contribution in [2.45, 2.75) is 26.8 Å². The Morgan fingerprint density at radius 1 is 1.38 bits per heavy atom. The molecule has 0 bridgehead atoms. The number of anilines is 1. The van der Waals surface area contributed by atoms with Crippen LogP contribution in [0.4, 0.5) is 5.95 Å². The Morgan fingerprint density at radius 2 is 2.10 bits per heavy atom. The molecule has 1 unspecified atom stereocenters. The second kappa shape index (κ2) is 6.78. The van der Waals surface area contributed by atoms with Crippen LogP contribution < -0.4 is 5.32 Å². The van der Waals surface area contributed by atoms with Crippen molar-refractivity contribution in [2.75, 3.05) is 11.9 Å². The first-order valence-electron chi connectivity index (χ1n) is 6.79. The fraction of sp³-hybridized carbons (Fsp3) is 0.333. The van der Waals surface area contributed by atoms with Gasteiger partial charge in [0, 0.05) is 18.6 Å². The zero-order valence-corrected chi connectivity index (χ0v) is 12.3. The lowest BCUT2D eigenvalue weighted by Gasteiger charge is -2.14. The van der Waals surface area contributed by atoms with Gasteiger partial charge in [0.25, 0.3) is 0 Å². The number of esters is 1. The van der Waals surface area contributed by atoms with Crippen molar-refractivity contribution in [2.24, 2.45) is 0 Å². The van der Waals surface area contributed by atoms with Crippen LogP contribution in [0, 0.1) is 6.92 Å². The Hall–Kier alpha value is -2.50. The van der Waals surface area contributed by atoms with Gasteiger partial charge in [-0.05, 0) is 38.5 Å². The number of nitrogens with one attached hydrogen (secondary N) is 1. The number of hydrogen-bond donors (Lipinski definition) is 1. The maximum atomic E-state index is 11.7. The molecule has 1 N–H and O–H groups in total. The van der Waals surface area contributed by atoms with E-state index >= 15 is 0 Å². The molecular weight excluding hydrogens is 268 g/mol. The number of carbonyl (C=O) groups is 1. The summed E-state index contributed by atoms with van der Waals surface area (Å²) in [6.07, 6.45) is 4.97. The van der Waals surface area contributed by atoms with Gasteiger partial charge in [0.2, 0.25) is 5.95 Å². The first kappa shape index (κ1) is 14.9. The number of aromatic nitrogens is 3. The molecular formula is C15H18N4O2. The Morgan fingerprint density at radius 3 is 2.71 bits per heavy atom. The van der Waals surface area contributed by atoms with Crippen LogP contribution in [0.25, 0.3) is 0 Å². The van der Waals surface area contributed by atoms with E-state index in [1.54, 1.807) is 26.2 Å². The summed E-state index contributed by atoms with van der Waals surface area (Å²) in [4.78, 5) is 24.2. The molecule has 6 heteroatoms. The van der Waals surface area contributed by atoms with Gasteiger partial charge in [0.1, 0.15) is 0 Å². The first-order chi connectivity index (χ1) is 10.1. The number of carbonyl (C=O) groups excluding carboxylic acids is 1.